The van der Waals surface area contributed by atoms with Crippen LogP contribution in [0.5, 0.6) is 5.75 Å². The standard InChI is InChI=1S/C25H23N5O3/c1-16-13-21(23-20(28-16)9-6-12-26-23)30-25(32)29-18-10-11-22(33-2)19(14-18)24(31)27-15-17-7-4-3-5-8-17/h3-14H,15H2,1-2H3,(H,27,31)(H2,28,29,30,32). The molecule has 0 aliphatic carbocycles. The van der Waals surface area contributed by atoms with Crippen molar-refractivity contribution in [1.82, 2.24) is 15.3 Å². The number of amides is 3. The zero-order valence-electron chi connectivity index (χ0n) is 18.3. The molecule has 4 aromatic rings. The maximum atomic E-state index is 12.8. The van der Waals surface area contributed by atoms with E-state index in [1.165, 1.54) is 7.11 Å². The van der Waals surface area contributed by atoms with Crippen LogP contribution in [-0.2, 0) is 6.54 Å². The molecule has 4 rings (SSSR count). The van der Waals surface area contributed by atoms with Gasteiger partial charge in [-0.15, -0.1) is 0 Å². The molecule has 2 aromatic heterocycles. The molecule has 0 saturated heterocycles. The summed E-state index contributed by atoms with van der Waals surface area (Å²) in [5.41, 5.74) is 4.33. The van der Waals surface area contributed by atoms with Crippen LogP contribution in [-0.4, -0.2) is 29.0 Å². The lowest BCUT2D eigenvalue weighted by atomic mass is 10.1. The van der Waals surface area contributed by atoms with Gasteiger partial charge in [-0.1, -0.05) is 30.3 Å². The Bertz CT molecular complexity index is 1310. The van der Waals surface area contributed by atoms with Crippen LogP contribution in [0.4, 0.5) is 16.2 Å². The van der Waals surface area contributed by atoms with Crippen LogP contribution in [0.3, 0.4) is 0 Å². The van der Waals surface area contributed by atoms with Crippen molar-refractivity contribution >= 4 is 34.3 Å². The fraction of sp³-hybridized carbons (Fsp3) is 0.120. The number of benzene rings is 2. The number of urea groups is 1. The van der Waals surface area contributed by atoms with Crippen molar-refractivity contribution in [1.29, 1.82) is 0 Å². The molecule has 33 heavy (non-hydrogen) atoms. The van der Waals surface area contributed by atoms with Crippen molar-refractivity contribution in [2.75, 3.05) is 17.7 Å². The molecule has 8 heteroatoms. The van der Waals surface area contributed by atoms with Crippen LogP contribution >= 0.6 is 0 Å². The molecule has 166 valence electrons. The number of carbonyl (C=O) groups is 2. The van der Waals surface area contributed by atoms with Crippen molar-refractivity contribution < 1.29 is 14.3 Å². The predicted octanol–water partition coefficient (Wildman–Crippen LogP) is 4.52. The maximum absolute atomic E-state index is 12.8. The highest BCUT2D eigenvalue weighted by Crippen LogP contribution is 2.24. The van der Waals surface area contributed by atoms with Crippen LogP contribution in [0.1, 0.15) is 21.6 Å². The fourth-order valence-corrected chi connectivity index (χ4v) is 3.41. The summed E-state index contributed by atoms with van der Waals surface area (Å²) in [5, 5.41) is 8.45. The van der Waals surface area contributed by atoms with Gasteiger partial charge in [0.05, 0.1) is 23.9 Å². The molecule has 0 unspecified atom stereocenters. The van der Waals surface area contributed by atoms with E-state index in [-0.39, 0.29) is 5.91 Å². The van der Waals surface area contributed by atoms with E-state index in [0.717, 1.165) is 11.3 Å². The number of carbonyl (C=O) groups excluding carboxylic acids is 2. The van der Waals surface area contributed by atoms with Gasteiger partial charge in [-0.3, -0.25) is 14.8 Å². The first-order chi connectivity index (χ1) is 16.0. The van der Waals surface area contributed by atoms with Crippen molar-refractivity contribution in [3.8, 4) is 5.75 Å². The van der Waals surface area contributed by atoms with E-state index in [2.05, 4.69) is 25.9 Å². The number of fused-ring (bicyclic) bond motifs is 1. The number of nitrogens with one attached hydrogen (secondary N) is 3. The van der Waals surface area contributed by atoms with Gasteiger partial charge >= 0.3 is 6.03 Å². The lowest BCUT2D eigenvalue weighted by Crippen LogP contribution is -2.24. The third-order valence-electron chi connectivity index (χ3n) is 4.94. The first-order valence-corrected chi connectivity index (χ1v) is 10.3. The molecule has 0 atom stereocenters. The third kappa shape index (κ3) is 5.24. The number of aryl methyl sites for hydroxylation is 1. The quantitative estimate of drug-likeness (QED) is 0.408. The smallest absolute Gasteiger partial charge is 0.323 e. The number of nitrogens with zero attached hydrogens (tertiary/aromatic N) is 2. The van der Waals surface area contributed by atoms with Crippen molar-refractivity contribution in [2.45, 2.75) is 13.5 Å². The van der Waals surface area contributed by atoms with E-state index < -0.39 is 6.03 Å². The van der Waals surface area contributed by atoms with Crippen LogP contribution < -0.4 is 20.7 Å². The van der Waals surface area contributed by atoms with Gasteiger partial charge in [-0.2, -0.15) is 0 Å². The Morgan fingerprint density at radius 1 is 0.970 bits per heavy atom. The van der Waals surface area contributed by atoms with E-state index in [0.29, 0.717) is 40.3 Å². The van der Waals surface area contributed by atoms with Gasteiger partial charge in [0.15, 0.2) is 0 Å². The number of ether oxygens (including phenoxy) is 1. The van der Waals surface area contributed by atoms with Gasteiger partial charge in [0.2, 0.25) is 0 Å². The average molecular weight is 441 g/mol. The summed E-state index contributed by atoms with van der Waals surface area (Å²) in [4.78, 5) is 34.2. The molecule has 3 amide bonds. The molecule has 3 N–H and O–H groups in total. The number of hydrogen-bond donors (Lipinski definition) is 3. The Morgan fingerprint density at radius 3 is 2.58 bits per heavy atom. The van der Waals surface area contributed by atoms with Crippen molar-refractivity contribution in [2.24, 2.45) is 0 Å². The predicted molar refractivity (Wildman–Crippen MR) is 128 cm³/mol. The number of aromatic nitrogens is 2. The molecule has 2 aromatic carbocycles. The van der Waals surface area contributed by atoms with Crippen LogP contribution in [0.2, 0.25) is 0 Å². The minimum absolute atomic E-state index is 0.306. The molecule has 0 fully saturated rings. The Balaban J connectivity index is 1.49. The van der Waals surface area contributed by atoms with E-state index in [1.54, 1.807) is 36.5 Å². The molecule has 0 aliphatic rings. The number of pyridine rings is 2. The monoisotopic (exact) mass is 441 g/mol. The zero-order valence-corrected chi connectivity index (χ0v) is 18.3. The molecule has 8 nitrogen and oxygen atoms in total. The summed E-state index contributed by atoms with van der Waals surface area (Å²) in [6.45, 7) is 2.22. The third-order valence-corrected chi connectivity index (χ3v) is 4.94. The molecule has 0 bridgehead atoms. The normalized spacial score (nSPS) is 10.5. The molecule has 2 heterocycles. The Hall–Kier alpha value is -4.46. The summed E-state index contributed by atoms with van der Waals surface area (Å²) in [5.74, 6) is 0.103. The SMILES string of the molecule is COc1ccc(NC(=O)Nc2cc(C)nc3cccnc23)cc1C(=O)NCc1ccccc1. The Kier molecular flexibility index (Phi) is 6.45. The second-order valence-corrected chi connectivity index (χ2v) is 7.34. The molecule has 0 spiro atoms. The van der Waals surface area contributed by atoms with Crippen LogP contribution in [0, 0.1) is 6.92 Å². The lowest BCUT2D eigenvalue weighted by molar-refractivity contribution is 0.0948. The molecule has 0 saturated carbocycles. The highest BCUT2D eigenvalue weighted by atomic mass is 16.5. The van der Waals surface area contributed by atoms with Crippen molar-refractivity contribution in [3.05, 3.63) is 89.7 Å². The topological polar surface area (TPSA) is 105 Å². The summed E-state index contributed by atoms with van der Waals surface area (Å²) in [6, 6.07) is 19.4. The Morgan fingerprint density at radius 2 is 1.79 bits per heavy atom. The van der Waals surface area contributed by atoms with E-state index in [9.17, 15) is 9.59 Å². The minimum atomic E-state index is -0.464. The fourth-order valence-electron chi connectivity index (χ4n) is 3.41. The zero-order chi connectivity index (χ0) is 23.2. The Labute approximate surface area is 191 Å². The van der Waals surface area contributed by atoms with Crippen LogP contribution in [0.25, 0.3) is 11.0 Å². The number of hydrogen-bond acceptors (Lipinski definition) is 5. The second kappa shape index (κ2) is 9.78. The molecular weight excluding hydrogens is 418 g/mol. The van der Waals surface area contributed by atoms with Gasteiger partial charge in [-0.05, 0) is 48.9 Å². The minimum Gasteiger partial charge on any atom is -0.496 e. The molecule has 0 aliphatic heterocycles. The van der Waals surface area contributed by atoms with E-state index >= 15 is 0 Å². The summed E-state index contributed by atoms with van der Waals surface area (Å²) >= 11 is 0. The number of methoxy groups -OCH3 is 1. The molecular formula is C25H23N5O3. The number of rotatable bonds is 6. The highest BCUT2D eigenvalue weighted by Gasteiger charge is 2.15. The first-order valence-electron chi connectivity index (χ1n) is 10.3. The van der Waals surface area contributed by atoms with Gasteiger partial charge in [0.25, 0.3) is 5.91 Å². The lowest BCUT2D eigenvalue weighted by Gasteiger charge is -2.13. The van der Waals surface area contributed by atoms with Gasteiger partial charge in [0, 0.05) is 24.1 Å². The van der Waals surface area contributed by atoms with Crippen LogP contribution in [0.15, 0.2) is 72.9 Å². The van der Waals surface area contributed by atoms with E-state index in [1.807, 2.05) is 43.3 Å². The first kappa shape index (κ1) is 21.8. The average Bonchev–Trinajstić information content (AvgIpc) is 2.83. The number of anilines is 2. The maximum Gasteiger partial charge on any atom is 0.323 e. The summed E-state index contributed by atoms with van der Waals surface area (Å²) < 4.78 is 5.33. The van der Waals surface area contributed by atoms with Gasteiger partial charge < -0.3 is 20.7 Å². The van der Waals surface area contributed by atoms with Gasteiger partial charge in [0.1, 0.15) is 11.3 Å². The van der Waals surface area contributed by atoms with Crippen molar-refractivity contribution in [3.63, 3.8) is 0 Å². The largest absolute Gasteiger partial charge is 0.496 e. The van der Waals surface area contributed by atoms with E-state index in [4.69, 9.17) is 4.74 Å². The summed E-state index contributed by atoms with van der Waals surface area (Å²) in [7, 11) is 1.49. The van der Waals surface area contributed by atoms with Gasteiger partial charge in [-0.25, -0.2) is 4.79 Å². The summed E-state index contributed by atoms with van der Waals surface area (Å²) in [6.07, 6.45) is 1.65. The molecule has 0 radical (unpaired) electrons. The second-order valence-electron chi connectivity index (χ2n) is 7.34. The highest BCUT2D eigenvalue weighted by molar-refractivity contribution is 6.05.